The SMILES string of the molecule is COc1cccc2cc(C(=O)N/N=C\c3cc4c(cc3C)N(C(C)C)C(C)(C)C=C4C)oc12. The molecule has 1 aliphatic rings. The van der Waals surface area contributed by atoms with Crippen molar-refractivity contribution in [2.24, 2.45) is 5.10 Å². The molecular formula is C27H31N3O3. The molecule has 33 heavy (non-hydrogen) atoms. The standard InChI is InChI=1S/C27H31N3O3/c1-16(2)30-22-11-17(3)20(12-21(22)18(4)14-27(30,5)6)15-28-29-26(31)24-13-19-9-8-10-23(32-7)25(19)33-24/h8-16H,1-7H3,(H,29,31)/b28-15-. The third-order valence-corrected chi connectivity index (χ3v) is 6.10. The van der Waals surface area contributed by atoms with Crippen molar-refractivity contribution in [1.82, 2.24) is 5.43 Å². The Morgan fingerprint density at radius 3 is 2.67 bits per heavy atom. The van der Waals surface area contributed by atoms with Gasteiger partial charge in [0.15, 0.2) is 17.1 Å². The Morgan fingerprint density at radius 1 is 1.21 bits per heavy atom. The van der Waals surface area contributed by atoms with Crippen molar-refractivity contribution in [3.05, 3.63) is 64.9 Å². The Labute approximate surface area is 194 Å². The highest BCUT2D eigenvalue weighted by Crippen LogP contribution is 2.41. The van der Waals surface area contributed by atoms with E-state index in [2.05, 4.69) is 75.2 Å². The maximum atomic E-state index is 12.6. The molecule has 0 aliphatic carbocycles. The highest BCUT2D eigenvalue weighted by atomic mass is 16.5. The maximum Gasteiger partial charge on any atom is 0.307 e. The number of carbonyl (C=O) groups is 1. The molecule has 3 aromatic rings. The smallest absolute Gasteiger partial charge is 0.307 e. The number of hydrazone groups is 1. The van der Waals surface area contributed by atoms with Crippen molar-refractivity contribution in [3.8, 4) is 5.75 Å². The van der Waals surface area contributed by atoms with Gasteiger partial charge in [-0.2, -0.15) is 5.10 Å². The number of allylic oxidation sites excluding steroid dienone is 1. The summed E-state index contributed by atoms with van der Waals surface area (Å²) in [6, 6.07) is 11.9. The average Bonchev–Trinajstić information content (AvgIpc) is 3.18. The molecular weight excluding hydrogens is 414 g/mol. The number of para-hydroxylation sites is 1. The number of methoxy groups -OCH3 is 1. The number of ether oxygens (including phenoxy) is 1. The predicted molar refractivity (Wildman–Crippen MR) is 134 cm³/mol. The van der Waals surface area contributed by atoms with Crippen LogP contribution in [-0.2, 0) is 0 Å². The zero-order valence-corrected chi connectivity index (χ0v) is 20.3. The van der Waals surface area contributed by atoms with E-state index < -0.39 is 5.91 Å². The van der Waals surface area contributed by atoms with Crippen LogP contribution in [0.2, 0.25) is 0 Å². The van der Waals surface area contributed by atoms with Crippen LogP contribution in [0.5, 0.6) is 5.75 Å². The maximum absolute atomic E-state index is 12.6. The van der Waals surface area contributed by atoms with Gasteiger partial charge in [0.05, 0.1) is 18.9 Å². The van der Waals surface area contributed by atoms with Gasteiger partial charge < -0.3 is 14.1 Å². The van der Waals surface area contributed by atoms with Crippen LogP contribution < -0.4 is 15.1 Å². The number of aryl methyl sites for hydroxylation is 1. The summed E-state index contributed by atoms with van der Waals surface area (Å²) in [6.45, 7) is 13.1. The van der Waals surface area contributed by atoms with E-state index in [4.69, 9.17) is 9.15 Å². The van der Waals surface area contributed by atoms with Crippen LogP contribution in [0.25, 0.3) is 16.5 Å². The van der Waals surface area contributed by atoms with E-state index >= 15 is 0 Å². The fourth-order valence-electron chi connectivity index (χ4n) is 4.82. The minimum atomic E-state index is -0.413. The lowest BCUT2D eigenvalue weighted by molar-refractivity contribution is 0.0929. The minimum absolute atomic E-state index is 0.0590. The molecule has 1 aromatic heterocycles. The van der Waals surface area contributed by atoms with E-state index in [-0.39, 0.29) is 11.3 Å². The van der Waals surface area contributed by atoms with Crippen LogP contribution in [0.4, 0.5) is 5.69 Å². The number of nitrogens with zero attached hydrogens (tertiary/aromatic N) is 2. The van der Waals surface area contributed by atoms with Gasteiger partial charge in [0.2, 0.25) is 0 Å². The van der Waals surface area contributed by atoms with E-state index in [9.17, 15) is 4.79 Å². The number of furan rings is 1. The number of anilines is 1. The van der Waals surface area contributed by atoms with E-state index in [1.807, 2.05) is 12.1 Å². The molecule has 1 amide bonds. The topological polar surface area (TPSA) is 67.1 Å². The molecule has 0 radical (unpaired) electrons. The van der Waals surface area contributed by atoms with Gasteiger partial charge in [-0.15, -0.1) is 0 Å². The summed E-state index contributed by atoms with van der Waals surface area (Å²) in [5.41, 5.74) is 8.76. The second kappa shape index (κ2) is 8.43. The van der Waals surface area contributed by atoms with E-state index in [1.165, 1.54) is 16.8 Å². The van der Waals surface area contributed by atoms with Crippen LogP contribution in [0, 0.1) is 6.92 Å². The first-order valence-corrected chi connectivity index (χ1v) is 11.2. The summed E-state index contributed by atoms with van der Waals surface area (Å²) >= 11 is 0. The summed E-state index contributed by atoms with van der Waals surface area (Å²) < 4.78 is 11.0. The highest BCUT2D eigenvalue weighted by Gasteiger charge is 2.33. The molecule has 0 bridgehead atoms. The van der Waals surface area contributed by atoms with Crippen molar-refractivity contribution in [2.45, 2.75) is 53.1 Å². The molecule has 6 heteroatoms. The molecule has 0 atom stereocenters. The van der Waals surface area contributed by atoms with Gasteiger partial charge in [-0.25, -0.2) is 5.43 Å². The van der Waals surface area contributed by atoms with Crippen LogP contribution in [-0.4, -0.2) is 30.8 Å². The number of nitrogens with one attached hydrogen (secondary N) is 1. The molecule has 2 aromatic carbocycles. The summed E-state index contributed by atoms with van der Waals surface area (Å²) in [7, 11) is 1.57. The van der Waals surface area contributed by atoms with Gasteiger partial charge in [-0.1, -0.05) is 18.2 Å². The fourth-order valence-corrected chi connectivity index (χ4v) is 4.82. The number of benzene rings is 2. The van der Waals surface area contributed by atoms with Gasteiger partial charge in [-0.05, 0) is 82.5 Å². The van der Waals surface area contributed by atoms with E-state index in [0.29, 0.717) is 17.4 Å². The largest absolute Gasteiger partial charge is 0.493 e. The fraction of sp³-hybridized carbons (Fsp3) is 0.333. The number of amides is 1. The first-order chi connectivity index (χ1) is 15.6. The third kappa shape index (κ3) is 4.13. The van der Waals surface area contributed by atoms with Crippen molar-refractivity contribution in [1.29, 1.82) is 0 Å². The number of hydrogen-bond acceptors (Lipinski definition) is 5. The van der Waals surface area contributed by atoms with E-state index in [0.717, 1.165) is 16.5 Å². The molecule has 1 aliphatic heterocycles. The molecule has 1 N–H and O–H groups in total. The van der Waals surface area contributed by atoms with Crippen LogP contribution >= 0.6 is 0 Å². The average molecular weight is 446 g/mol. The Balaban J connectivity index is 1.58. The predicted octanol–water partition coefficient (Wildman–Crippen LogP) is 5.92. The second-order valence-corrected chi connectivity index (χ2v) is 9.36. The molecule has 172 valence electrons. The molecule has 0 saturated heterocycles. The van der Waals surface area contributed by atoms with Gasteiger partial charge in [-0.3, -0.25) is 4.79 Å². The minimum Gasteiger partial charge on any atom is -0.493 e. The summed E-state index contributed by atoms with van der Waals surface area (Å²) in [6.07, 6.45) is 3.99. The first-order valence-electron chi connectivity index (χ1n) is 11.2. The summed E-state index contributed by atoms with van der Waals surface area (Å²) in [5, 5.41) is 5.00. The monoisotopic (exact) mass is 445 g/mol. The molecule has 0 saturated carbocycles. The van der Waals surface area contributed by atoms with Crippen LogP contribution in [0.15, 0.2) is 52.0 Å². The Hall–Kier alpha value is -3.54. The lowest BCUT2D eigenvalue weighted by Gasteiger charge is -2.46. The lowest BCUT2D eigenvalue weighted by Crippen LogP contribution is -2.49. The molecule has 0 spiro atoms. The highest BCUT2D eigenvalue weighted by molar-refractivity contribution is 5.98. The van der Waals surface area contributed by atoms with E-state index in [1.54, 1.807) is 25.5 Å². The summed E-state index contributed by atoms with van der Waals surface area (Å²) in [4.78, 5) is 15.0. The second-order valence-electron chi connectivity index (χ2n) is 9.36. The molecule has 0 fully saturated rings. The van der Waals surface area contributed by atoms with Crippen molar-refractivity contribution in [3.63, 3.8) is 0 Å². The quantitative estimate of drug-likeness (QED) is 0.391. The molecule has 4 rings (SSSR count). The first kappa shape index (κ1) is 22.6. The molecule has 6 nitrogen and oxygen atoms in total. The normalized spacial score (nSPS) is 15.2. The Kier molecular flexibility index (Phi) is 5.78. The van der Waals surface area contributed by atoms with Crippen molar-refractivity contribution in [2.75, 3.05) is 12.0 Å². The van der Waals surface area contributed by atoms with Crippen LogP contribution in [0.3, 0.4) is 0 Å². The third-order valence-electron chi connectivity index (χ3n) is 6.10. The summed E-state index contributed by atoms with van der Waals surface area (Å²) in [5.74, 6) is 0.355. The number of carbonyl (C=O) groups excluding carboxylic acids is 1. The lowest BCUT2D eigenvalue weighted by atomic mass is 9.86. The van der Waals surface area contributed by atoms with Crippen molar-refractivity contribution >= 4 is 34.4 Å². The van der Waals surface area contributed by atoms with Crippen LogP contribution in [0.1, 0.15) is 61.9 Å². The zero-order valence-electron chi connectivity index (χ0n) is 20.3. The van der Waals surface area contributed by atoms with Gasteiger partial charge in [0.25, 0.3) is 0 Å². The molecule has 2 heterocycles. The van der Waals surface area contributed by atoms with Gasteiger partial charge in [0.1, 0.15) is 0 Å². The number of hydrogen-bond donors (Lipinski definition) is 1. The van der Waals surface area contributed by atoms with Gasteiger partial charge >= 0.3 is 5.91 Å². The van der Waals surface area contributed by atoms with Gasteiger partial charge in [0, 0.05) is 22.7 Å². The molecule has 0 unspecified atom stereocenters. The van der Waals surface area contributed by atoms with Crippen molar-refractivity contribution < 1.29 is 13.9 Å². The number of rotatable bonds is 5. The zero-order chi connectivity index (χ0) is 23.9. The number of fused-ring (bicyclic) bond motifs is 2. The Morgan fingerprint density at radius 2 is 1.97 bits per heavy atom. The Bertz CT molecular complexity index is 1280.